The summed E-state index contributed by atoms with van der Waals surface area (Å²) in [7, 11) is 0. The van der Waals surface area contributed by atoms with Gasteiger partial charge in [0.2, 0.25) is 0 Å². The molecule has 1 nitrogen and oxygen atoms in total. The maximum absolute atomic E-state index is 4.20. The van der Waals surface area contributed by atoms with Gasteiger partial charge in [-0.05, 0) is 43.7 Å². The Kier molecular flexibility index (Phi) is 4.50. The number of aryl methyl sites for hydroxylation is 1. The van der Waals surface area contributed by atoms with Crippen molar-refractivity contribution in [1.82, 2.24) is 5.32 Å². The highest BCUT2D eigenvalue weighted by atomic mass is 15.0. The molecule has 0 aliphatic carbocycles. The van der Waals surface area contributed by atoms with Gasteiger partial charge >= 0.3 is 0 Å². The van der Waals surface area contributed by atoms with Crippen molar-refractivity contribution >= 4 is 5.70 Å². The van der Waals surface area contributed by atoms with Gasteiger partial charge in [-0.1, -0.05) is 52.5 Å². The van der Waals surface area contributed by atoms with Gasteiger partial charge in [0.05, 0.1) is 0 Å². The Morgan fingerprint density at radius 3 is 2.11 bits per heavy atom. The van der Waals surface area contributed by atoms with Crippen LogP contribution in [0.15, 0.2) is 24.8 Å². The quantitative estimate of drug-likeness (QED) is 0.813. The van der Waals surface area contributed by atoms with E-state index in [0.717, 1.165) is 12.1 Å². The van der Waals surface area contributed by atoms with E-state index in [1.165, 1.54) is 16.7 Å². The van der Waals surface area contributed by atoms with E-state index in [0.29, 0.717) is 0 Å². The van der Waals surface area contributed by atoms with Crippen LogP contribution < -0.4 is 5.32 Å². The van der Waals surface area contributed by atoms with Crippen molar-refractivity contribution in [3.05, 3.63) is 41.5 Å². The Labute approximate surface area is 119 Å². The molecule has 0 heterocycles. The number of rotatable bonds is 3. The van der Waals surface area contributed by atoms with Crippen molar-refractivity contribution in [3.8, 4) is 0 Å². The molecule has 1 aromatic rings. The first-order valence-corrected chi connectivity index (χ1v) is 7.15. The van der Waals surface area contributed by atoms with Crippen LogP contribution in [-0.2, 0) is 11.8 Å². The van der Waals surface area contributed by atoms with E-state index in [-0.39, 0.29) is 11.0 Å². The normalized spacial score (nSPS) is 12.4. The number of nitrogens with one attached hydrogen (secondary N) is 1. The topological polar surface area (TPSA) is 12.0 Å². The van der Waals surface area contributed by atoms with Gasteiger partial charge in [-0.25, -0.2) is 0 Å². The molecule has 0 saturated heterocycles. The average molecular weight is 259 g/mol. The van der Waals surface area contributed by atoms with Crippen LogP contribution in [0.4, 0.5) is 0 Å². The van der Waals surface area contributed by atoms with Crippen molar-refractivity contribution in [2.24, 2.45) is 0 Å². The van der Waals surface area contributed by atoms with Crippen molar-refractivity contribution in [1.29, 1.82) is 0 Å². The minimum absolute atomic E-state index is 0.0464. The van der Waals surface area contributed by atoms with Crippen LogP contribution in [0.3, 0.4) is 0 Å². The Morgan fingerprint density at radius 2 is 1.68 bits per heavy atom. The first-order valence-electron chi connectivity index (χ1n) is 7.15. The van der Waals surface area contributed by atoms with Gasteiger partial charge in [-0.3, -0.25) is 0 Å². The summed E-state index contributed by atoms with van der Waals surface area (Å²) >= 11 is 0. The van der Waals surface area contributed by atoms with Crippen LogP contribution >= 0.6 is 0 Å². The fourth-order valence-electron chi connectivity index (χ4n) is 2.17. The summed E-state index contributed by atoms with van der Waals surface area (Å²) in [5, 5.41) is 3.47. The molecule has 19 heavy (non-hydrogen) atoms. The first kappa shape index (κ1) is 15.8. The van der Waals surface area contributed by atoms with Gasteiger partial charge in [0.25, 0.3) is 0 Å². The lowest BCUT2D eigenvalue weighted by atomic mass is 9.84. The van der Waals surface area contributed by atoms with Crippen molar-refractivity contribution < 1.29 is 0 Å². The Morgan fingerprint density at radius 1 is 1.11 bits per heavy atom. The van der Waals surface area contributed by atoms with Crippen LogP contribution in [-0.4, -0.2) is 5.54 Å². The molecule has 0 aromatic heterocycles. The van der Waals surface area contributed by atoms with E-state index in [9.17, 15) is 0 Å². The minimum Gasteiger partial charge on any atom is -0.380 e. The molecule has 0 aliphatic rings. The van der Waals surface area contributed by atoms with Gasteiger partial charge < -0.3 is 5.32 Å². The van der Waals surface area contributed by atoms with E-state index in [1.807, 2.05) is 0 Å². The molecule has 1 heteroatoms. The lowest BCUT2D eigenvalue weighted by molar-refractivity contribution is 0.501. The summed E-state index contributed by atoms with van der Waals surface area (Å²) in [5.74, 6) is 0. The van der Waals surface area contributed by atoms with E-state index in [1.54, 1.807) is 0 Å². The predicted octanol–water partition coefficient (Wildman–Crippen LogP) is 4.91. The van der Waals surface area contributed by atoms with E-state index >= 15 is 0 Å². The maximum atomic E-state index is 4.20. The third-order valence-corrected chi connectivity index (χ3v) is 3.20. The van der Waals surface area contributed by atoms with Crippen LogP contribution in [0.5, 0.6) is 0 Å². The highest BCUT2D eigenvalue weighted by molar-refractivity contribution is 5.66. The monoisotopic (exact) mass is 259 g/mol. The minimum atomic E-state index is 0.0464. The van der Waals surface area contributed by atoms with E-state index in [2.05, 4.69) is 78.6 Å². The zero-order chi connectivity index (χ0) is 14.8. The van der Waals surface area contributed by atoms with Crippen molar-refractivity contribution in [2.45, 2.75) is 65.8 Å². The molecular formula is C18H29N. The lowest BCUT2D eigenvalue weighted by Gasteiger charge is -2.26. The SMILES string of the molecule is C=C(NC(C)(C)C)c1ccc(C(C)(C)C)cc1CC. The molecule has 106 valence electrons. The van der Waals surface area contributed by atoms with E-state index < -0.39 is 0 Å². The third kappa shape index (κ3) is 4.41. The number of hydrogen-bond donors (Lipinski definition) is 1. The maximum Gasteiger partial charge on any atom is 0.0347 e. The molecule has 0 spiro atoms. The zero-order valence-corrected chi connectivity index (χ0v) is 13.6. The second-order valence-corrected chi connectivity index (χ2v) is 7.33. The Balaban J connectivity index is 3.13. The smallest absolute Gasteiger partial charge is 0.0347 e. The molecule has 1 N–H and O–H groups in total. The molecular weight excluding hydrogens is 230 g/mol. The standard InChI is InChI=1S/C18H29N/c1-9-14-12-15(17(3,4)5)10-11-16(14)13(2)19-18(6,7)8/h10-12,19H,2,9H2,1,3-8H3. The largest absolute Gasteiger partial charge is 0.380 e. The molecule has 0 unspecified atom stereocenters. The Bertz CT molecular complexity index is 456. The summed E-state index contributed by atoms with van der Waals surface area (Å²) in [6.45, 7) is 19.6. The zero-order valence-electron chi connectivity index (χ0n) is 13.6. The second-order valence-electron chi connectivity index (χ2n) is 7.33. The van der Waals surface area contributed by atoms with Crippen LogP contribution in [0.2, 0.25) is 0 Å². The molecule has 1 rings (SSSR count). The van der Waals surface area contributed by atoms with Crippen LogP contribution in [0.1, 0.15) is 65.2 Å². The number of hydrogen-bond acceptors (Lipinski definition) is 1. The second kappa shape index (κ2) is 5.40. The average Bonchev–Trinajstić information content (AvgIpc) is 2.24. The Hall–Kier alpha value is -1.24. The van der Waals surface area contributed by atoms with Crippen molar-refractivity contribution in [2.75, 3.05) is 0 Å². The molecule has 0 radical (unpaired) electrons. The third-order valence-electron chi connectivity index (χ3n) is 3.20. The fourth-order valence-corrected chi connectivity index (χ4v) is 2.17. The molecule has 1 aromatic carbocycles. The predicted molar refractivity (Wildman–Crippen MR) is 86.4 cm³/mol. The van der Waals surface area contributed by atoms with Gasteiger partial charge in [0.1, 0.15) is 0 Å². The summed E-state index contributed by atoms with van der Waals surface area (Å²) < 4.78 is 0. The molecule has 0 bridgehead atoms. The van der Waals surface area contributed by atoms with E-state index in [4.69, 9.17) is 0 Å². The molecule has 0 aliphatic heterocycles. The van der Waals surface area contributed by atoms with Gasteiger partial charge in [-0.2, -0.15) is 0 Å². The molecule has 0 amide bonds. The van der Waals surface area contributed by atoms with Gasteiger partial charge in [-0.15, -0.1) is 0 Å². The lowest BCUT2D eigenvalue weighted by Crippen LogP contribution is -2.34. The number of benzene rings is 1. The van der Waals surface area contributed by atoms with Crippen LogP contribution in [0, 0.1) is 0 Å². The van der Waals surface area contributed by atoms with Crippen molar-refractivity contribution in [3.63, 3.8) is 0 Å². The summed E-state index contributed by atoms with van der Waals surface area (Å²) in [6.07, 6.45) is 1.03. The fraction of sp³-hybridized carbons (Fsp3) is 0.556. The van der Waals surface area contributed by atoms with Gasteiger partial charge in [0, 0.05) is 16.8 Å². The van der Waals surface area contributed by atoms with Gasteiger partial charge in [0.15, 0.2) is 0 Å². The highest BCUT2D eigenvalue weighted by Crippen LogP contribution is 2.27. The molecule has 0 atom stereocenters. The summed E-state index contributed by atoms with van der Waals surface area (Å²) in [4.78, 5) is 0. The summed E-state index contributed by atoms with van der Waals surface area (Å²) in [6, 6.07) is 6.76. The van der Waals surface area contributed by atoms with Crippen LogP contribution in [0.25, 0.3) is 5.70 Å². The molecule has 0 saturated carbocycles. The summed E-state index contributed by atoms with van der Waals surface area (Å²) in [5.41, 5.74) is 5.26. The molecule has 0 fully saturated rings. The highest BCUT2D eigenvalue weighted by Gasteiger charge is 2.17. The first-order chi connectivity index (χ1) is 8.54.